The second-order valence-corrected chi connectivity index (χ2v) is 3.81. The van der Waals surface area contributed by atoms with E-state index in [1.54, 1.807) is 0 Å². The van der Waals surface area contributed by atoms with Crippen LogP contribution in [-0.2, 0) is 11.2 Å². The van der Waals surface area contributed by atoms with Gasteiger partial charge < -0.3 is 10.5 Å². The average Bonchev–Trinajstić information content (AvgIpc) is 2.28. The number of ether oxygens (including phenoxy) is 1. The summed E-state index contributed by atoms with van der Waals surface area (Å²) in [5.41, 5.74) is 8.54. The van der Waals surface area contributed by atoms with E-state index in [2.05, 4.69) is 18.1 Å². The molecule has 2 N–H and O–H groups in total. The number of hydrogen-bond donors (Lipinski definition) is 1. The van der Waals surface area contributed by atoms with Crippen LogP contribution in [0.4, 0.5) is 0 Å². The summed E-state index contributed by atoms with van der Waals surface area (Å²) in [6.45, 7) is 0.736. The predicted octanol–water partition coefficient (Wildman–Crippen LogP) is 1.65. The van der Waals surface area contributed by atoms with Crippen molar-refractivity contribution in [1.29, 1.82) is 0 Å². The summed E-state index contributed by atoms with van der Waals surface area (Å²) in [6.07, 6.45) is 6.76. The number of hydrogen-bond acceptors (Lipinski definition) is 2. The lowest BCUT2D eigenvalue weighted by atomic mass is 9.92. The Kier molecular flexibility index (Phi) is 3.05. The van der Waals surface area contributed by atoms with Gasteiger partial charge in [-0.15, -0.1) is 12.3 Å². The van der Waals surface area contributed by atoms with E-state index in [9.17, 15) is 0 Å². The number of rotatable bonds is 2. The van der Waals surface area contributed by atoms with Crippen LogP contribution in [0.3, 0.4) is 0 Å². The molecule has 2 atom stereocenters. The first-order valence-corrected chi connectivity index (χ1v) is 5.21. The van der Waals surface area contributed by atoms with Crippen LogP contribution < -0.4 is 5.73 Å². The molecule has 0 spiro atoms. The fourth-order valence-electron chi connectivity index (χ4n) is 2.02. The molecule has 0 bridgehead atoms. The molecule has 0 saturated heterocycles. The molecule has 1 heterocycles. The zero-order valence-electron chi connectivity index (χ0n) is 8.65. The minimum atomic E-state index is -0.101. The minimum Gasteiger partial charge on any atom is -0.372 e. The first kappa shape index (κ1) is 10.2. The molecular formula is C13H15NO. The molecule has 2 heteroatoms. The fourth-order valence-corrected chi connectivity index (χ4v) is 2.02. The molecule has 0 saturated carbocycles. The Morgan fingerprint density at radius 2 is 2.33 bits per heavy atom. The standard InChI is InChI=1S/C13H15NO/c1-2-5-12(14)13-11-7-4-3-6-10(11)8-9-15-13/h1,3-4,6-7,12-13H,5,8-9,14H2. The third kappa shape index (κ3) is 2.04. The monoisotopic (exact) mass is 201 g/mol. The Hall–Kier alpha value is -1.30. The first-order chi connectivity index (χ1) is 7.33. The minimum absolute atomic E-state index is 0.0361. The smallest absolute Gasteiger partial charge is 0.0987 e. The summed E-state index contributed by atoms with van der Waals surface area (Å²) in [4.78, 5) is 0. The SMILES string of the molecule is C#CCC(N)C1OCCc2ccccc21. The van der Waals surface area contributed by atoms with Gasteiger partial charge in [0.15, 0.2) is 0 Å². The summed E-state index contributed by atoms with van der Waals surface area (Å²) < 4.78 is 5.70. The van der Waals surface area contributed by atoms with E-state index in [0.29, 0.717) is 6.42 Å². The Balaban J connectivity index is 2.26. The van der Waals surface area contributed by atoms with Crippen LogP contribution in [0.1, 0.15) is 23.7 Å². The number of benzene rings is 1. The normalized spacial score (nSPS) is 21.5. The average molecular weight is 201 g/mol. The van der Waals surface area contributed by atoms with Crippen molar-refractivity contribution in [1.82, 2.24) is 0 Å². The summed E-state index contributed by atoms with van der Waals surface area (Å²) in [5, 5.41) is 0. The number of fused-ring (bicyclic) bond motifs is 1. The molecule has 1 aliphatic heterocycles. The van der Waals surface area contributed by atoms with Gasteiger partial charge in [-0.1, -0.05) is 24.3 Å². The highest BCUT2D eigenvalue weighted by Gasteiger charge is 2.25. The number of nitrogens with two attached hydrogens (primary N) is 1. The molecule has 0 aliphatic carbocycles. The van der Waals surface area contributed by atoms with Crippen molar-refractivity contribution in [2.45, 2.75) is 25.0 Å². The maximum atomic E-state index is 6.01. The summed E-state index contributed by atoms with van der Waals surface area (Å²) in [5.74, 6) is 2.59. The number of terminal acetylenes is 1. The second-order valence-electron chi connectivity index (χ2n) is 3.81. The lowest BCUT2D eigenvalue weighted by Crippen LogP contribution is -2.33. The Morgan fingerprint density at radius 3 is 3.13 bits per heavy atom. The Bertz CT molecular complexity index is 380. The van der Waals surface area contributed by atoms with Gasteiger partial charge in [-0.3, -0.25) is 0 Å². The van der Waals surface area contributed by atoms with Crippen LogP contribution in [0, 0.1) is 12.3 Å². The molecule has 2 unspecified atom stereocenters. The zero-order valence-corrected chi connectivity index (χ0v) is 8.65. The van der Waals surface area contributed by atoms with Gasteiger partial charge >= 0.3 is 0 Å². The van der Waals surface area contributed by atoms with Gasteiger partial charge in [0.05, 0.1) is 12.7 Å². The third-order valence-corrected chi connectivity index (χ3v) is 2.77. The maximum Gasteiger partial charge on any atom is 0.0987 e. The van der Waals surface area contributed by atoms with Crippen molar-refractivity contribution in [3.8, 4) is 12.3 Å². The zero-order chi connectivity index (χ0) is 10.7. The Morgan fingerprint density at radius 1 is 1.53 bits per heavy atom. The first-order valence-electron chi connectivity index (χ1n) is 5.21. The van der Waals surface area contributed by atoms with Crippen molar-refractivity contribution in [2.24, 2.45) is 5.73 Å². The van der Waals surface area contributed by atoms with Gasteiger partial charge in [0.25, 0.3) is 0 Å². The van der Waals surface area contributed by atoms with E-state index >= 15 is 0 Å². The predicted molar refractivity (Wildman–Crippen MR) is 60.3 cm³/mol. The fraction of sp³-hybridized carbons (Fsp3) is 0.385. The van der Waals surface area contributed by atoms with Gasteiger partial charge in [0.1, 0.15) is 0 Å². The lowest BCUT2D eigenvalue weighted by Gasteiger charge is -2.29. The van der Waals surface area contributed by atoms with Crippen molar-refractivity contribution in [2.75, 3.05) is 6.61 Å². The summed E-state index contributed by atoms with van der Waals surface area (Å²) in [7, 11) is 0. The summed E-state index contributed by atoms with van der Waals surface area (Å²) >= 11 is 0. The molecule has 1 aromatic carbocycles. The van der Waals surface area contributed by atoms with Gasteiger partial charge in [-0.2, -0.15) is 0 Å². The largest absolute Gasteiger partial charge is 0.372 e. The third-order valence-electron chi connectivity index (χ3n) is 2.77. The molecular weight excluding hydrogens is 186 g/mol. The molecule has 0 fully saturated rings. The van der Waals surface area contributed by atoms with E-state index in [0.717, 1.165) is 13.0 Å². The van der Waals surface area contributed by atoms with Crippen LogP contribution in [0.5, 0.6) is 0 Å². The topological polar surface area (TPSA) is 35.2 Å². The molecule has 1 aliphatic rings. The van der Waals surface area contributed by atoms with Crippen LogP contribution >= 0.6 is 0 Å². The molecule has 0 aromatic heterocycles. The van der Waals surface area contributed by atoms with Gasteiger partial charge in [0, 0.05) is 12.5 Å². The highest BCUT2D eigenvalue weighted by Crippen LogP contribution is 2.29. The van der Waals surface area contributed by atoms with Gasteiger partial charge in [-0.05, 0) is 17.5 Å². The molecule has 2 nitrogen and oxygen atoms in total. The molecule has 1 aromatic rings. The molecule has 15 heavy (non-hydrogen) atoms. The van der Waals surface area contributed by atoms with E-state index in [1.807, 2.05) is 12.1 Å². The summed E-state index contributed by atoms with van der Waals surface area (Å²) in [6, 6.07) is 8.18. The molecule has 0 amide bonds. The Labute approximate surface area is 90.4 Å². The molecule has 2 rings (SSSR count). The van der Waals surface area contributed by atoms with Crippen molar-refractivity contribution < 1.29 is 4.74 Å². The van der Waals surface area contributed by atoms with E-state index in [4.69, 9.17) is 16.9 Å². The lowest BCUT2D eigenvalue weighted by molar-refractivity contribution is 0.0256. The van der Waals surface area contributed by atoms with E-state index < -0.39 is 0 Å². The van der Waals surface area contributed by atoms with Crippen LogP contribution in [-0.4, -0.2) is 12.6 Å². The van der Waals surface area contributed by atoms with Crippen molar-refractivity contribution in [3.05, 3.63) is 35.4 Å². The molecule has 0 radical (unpaired) electrons. The van der Waals surface area contributed by atoms with E-state index in [-0.39, 0.29) is 12.1 Å². The van der Waals surface area contributed by atoms with Gasteiger partial charge in [0.2, 0.25) is 0 Å². The van der Waals surface area contributed by atoms with Crippen LogP contribution in [0.15, 0.2) is 24.3 Å². The van der Waals surface area contributed by atoms with Crippen molar-refractivity contribution >= 4 is 0 Å². The maximum absolute atomic E-state index is 6.01. The van der Waals surface area contributed by atoms with E-state index in [1.165, 1.54) is 11.1 Å². The quantitative estimate of drug-likeness (QED) is 0.738. The highest BCUT2D eigenvalue weighted by molar-refractivity contribution is 5.32. The van der Waals surface area contributed by atoms with Crippen LogP contribution in [0.2, 0.25) is 0 Å². The second kappa shape index (κ2) is 4.48. The van der Waals surface area contributed by atoms with Gasteiger partial charge in [-0.25, -0.2) is 0 Å². The van der Waals surface area contributed by atoms with Crippen molar-refractivity contribution in [3.63, 3.8) is 0 Å². The highest BCUT2D eigenvalue weighted by atomic mass is 16.5. The van der Waals surface area contributed by atoms with Crippen LogP contribution in [0.25, 0.3) is 0 Å². The molecule has 78 valence electrons.